The van der Waals surface area contributed by atoms with Gasteiger partial charge >= 0.3 is 0 Å². The van der Waals surface area contributed by atoms with Gasteiger partial charge in [0.1, 0.15) is 0 Å². The van der Waals surface area contributed by atoms with Crippen LogP contribution in [0.25, 0.3) is 0 Å². The van der Waals surface area contributed by atoms with Crippen molar-refractivity contribution in [2.45, 2.75) is 62.6 Å². The molecule has 2 fully saturated rings. The lowest BCUT2D eigenvalue weighted by atomic mass is 9.93. The molecule has 0 radical (unpaired) electrons. The van der Waals surface area contributed by atoms with Gasteiger partial charge in [-0.05, 0) is 55.7 Å². The van der Waals surface area contributed by atoms with E-state index in [-0.39, 0.29) is 5.60 Å². The van der Waals surface area contributed by atoms with Crippen molar-refractivity contribution in [3.05, 3.63) is 34.9 Å². The zero-order valence-electron chi connectivity index (χ0n) is 11.8. The summed E-state index contributed by atoms with van der Waals surface area (Å²) < 4.78 is 6.44. The molecular formula is C17H22BrClO. The predicted molar refractivity (Wildman–Crippen MR) is 87.9 cm³/mol. The summed E-state index contributed by atoms with van der Waals surface area (Å²) in [7, 11) is 0. The van der Waals surface area contributed by atoms with Crippen molar-refractivity contribution in [3.8, 4) is 0 Å². The maximum absolute atomic E-state index is 6.44. The van der Waals surface area contributed by atoms with E-state index in [0.717, 1.165) is 16.8 Å². The van der Waals surface area contributed by atoms with Crippen LogP contribution in [0.4, 0.5) is 0 Å². The average molecular weight is 358 g/mol. The fraction of sp³-hybridized carbons (Fsp3) is 0.647. The van der Waals surface area contributed by atoms with E-state index in [2.05, 4.69) is 28.1 Å². The van der Waals surface area contributed by atoms with E-state index < -0.39 is 0 Å². The molecule has 1 aliphatic carbocycles. The topological polar surface area (TPSA) is 9.23 Å². The van der Waals surface area contributed by atoms with Gasteiger partial charge in [0.15, 0.2) is 0 Å². The second-order valence-electron chi connectivity index (χ2n) is 6.31. The van der Waals surface area contributed by atoms with Crippen molar-refractivity contribution in [2.75, 3.05) is 5.33 Å². The summed E-state index contributed by atoms with van der Waals surface area (Å²) in [6, 6.07) is 8.27. The third kappa shape index (κ3) is 3.23. The number of hydrogen-bond acceptors (Lipinski definition) is 1. The predicted octanol–water partition coefficient (Wildman–Crippen LogP) is 5.70. The molecule has 2 aliphatic rings. The Bertz CT molecular complexity index is 439. The number of rotatable bonds is 4. The highest BCUT2D eigenvalue weighted by atomic mass is 79.9. The molecule has 1 aromatic carbocycles. The molecular weight excluding hydrogens is 336 g/mol. The molecule has 1 spiro atoms. The van der Waals surface area contributed by atoms with Crippen molar-refractivity contribution in [1.82, 2.24) is 0 Å². The normalized spacial score (nSPS) is 26.2. The smallest absolute Gasteiger partial charge is 0.0687 e. The van der Waals surface area contributed by atoms with Crippen molar-refractivity contribution in [1.29, 1.82) is 0 Å². The second kappa shape index (κ2) is 6.37. The summed E-state index contributed by atoms with van der Waals surface area (Å²) in [6.45, 7) is 0. The summed E-state index contributed by atoms with van der Waals surface area (Å²) in [5.74, 6) is 0.522. The lowest BCUT2D eigenvalue weighted by Gasteiger charge is -2.25. The van der Waals surface area contributed by atoms with Crippen molar-refractivity contribution in [3.63, 3.8) is 0 Å². The number of ether oxygens (including phenoxy) is 1. The quantitative estimate of drug-likeness (QED) is 0.628. The van der Waals surface area contributed by atoms with Crippen LogP contribution >= 0.6 is 27.5 Å². The van der Waals surface area contributed by atoms with E-state index >= 15 is 0 Å². The van der Waals surface area contributed by atoms with E-state index in [9.17, 15) is 0 Å². The minimum absolute atomic E-state index is 0.252. The molecule has 2 unspecified atom stereocenters. The molecule has 3 heteroatoms. The monoisotopic (exact) mass is 356 g/mol. The Morgan fingerprint density at radius 3 is 2.55 bits per heavy atom. The Morgan fingerprint density at radius 2 is 1.90 bits per heavy atom. The van der Waals surface area contributed by atoms with Crippen LogP contribution in [-0.2, 0) is 4.74 Å². The highest BCUT2D eigenvalue weighted by molar-refractivity contribution is 9.09. The van der Waals surface area contributed by atoms with Crippen LogP contribution in [0, 0.1) is 0 Å². The average Bonchev–Trinajstić information content (AvgIpc) is 3.08. The van der Waals surface area contributed by atoms with Gasteiger partial charge in [0.05, 0.1) is 11.7 Å². The molecule has 1 aromatic rings. The number of alkyl halides is 1. The Kier molecular flexibility index (Phi) is 4.74. The number of halogens is 2. The van der Waals surface area contributed by atoms with Gasteiger partial charge in [0, 0.05) is 10.4 Å². The van der Waals surface area contributed by atoms with Gasteiger partial charge in [-0.3, -0.25) is 0 Å². The standard InChI is InChI=1S/C17H22BrClO/c18-12-14(13-3-5-15(19)6-4-13)11-16-7-10-17(20-16)8-1-2-9-17/h3-6,14,16H,1-2,7-12H2. The van der Waals surface area contributed by atoms with Gasteiger partial charge in [-0.15, -0.1) is 0 Å². The largest absolute Gasteiger partial charge is 0.372 e. The van der Waals surface area contributed by atoms with Gasteiger partial charge in [0.2, 0.25) is 0 Å². The molecule has 2 atom stereocenters. The highest BCUT2D eigenvalue weighted by Gasteiger charge is 2.42. The molecule has 110 valence electrons. The Labute approximate surface area is 135 Å². The molecule has 1 saturated carbocycles. The summed E-state index contributed by atoms with van der Waals surface area (Å²) in [6.07, 6.45) is 9.33. The van der Waals surface area contributed by atoms with Gasteiger partial charge in [-0.1, -0.05) is 52.5 Å². The molecule has 20 heavy (non-hydrogen) atoms. The summed E-state index contributed by atoms with van der Waals surface area (Å²) in [5, 5.41) is 1.80. The zero-order chi connectivity index (χ0) is 14.0. The van der Waals surface area contributed by atoms with Crippen LogP contribution in [-0.4, -0.2) is 17.0 Å². The van der Waals surface area contributed by atoms with Gasteiger partial charge in [-0.2, -0.15) is 0 Å². The minimum Gasteiger partial charge on any atom is -0.372 e. The minimum atomic E-state index is 0.252. The lowest BCUT2D eigenvalue weighted by Crippen LogP contribution is -2.25. The van der Waals surface area contributed by atoms with Gasteiger partial charge in [0.25, 0.3) is 0 Å². The molecule has 1 aliphatic heterocycles. The van der Waals surface area contributed by atoms with E-state index in [4.69, 9.17) is 16.3 Å². The van der Waals surface area contributed by atoms with Crippen LogP contribution < -0.4 is 0 Å². The molecule has 0 aromatic heterocycles. The molecule has 3 rings (SSSR count). The Hall–Kier alpha value is -0.0500. The molecule has 1 heterocycles. The van der Waals surface area contributed by atoms with Crippen LogP contribution in [0.1, 0.15) is 56.4 Å². The van der Waals surface area contributed by atoms with E-state index in [1.165, 1.54) is 44.1 Å². The van der Waals surface area contributed by atoms with E-state index in [0.29, 0.717) is 12.0 Å². The highest BCUT2D eigenvalue weighted by Crippen LogP contribution is 2.45. The molecule has 1 saturated heterocycles. The third-order valence-corrected chi connectivity index (χ3v) is 5.96. The molecule has 0 amide bonds. The van der Waals surface area contributed by atoms with Crippen LogP contribution in [0.5, 0.6) is 0 Å². The number of hydrogen-bond donors (Lipinski definition) is 0. The zero-order valence-corrected chi connectivity index (χ0v) is 14.1. The molecule has 1 nitrogen and oxygen atoms in total. The van der Waals surface area contributed by atoms with E-state index in [1.807, 2.05) is 12.1 Å². The molecule has 0 bridgehead atoms. The maximum atomic E-state index is 6.44. The van der Waals surface area contributed by atoms with E-state index in [1.54, 1.807) is 0 Å². The first-order chi connectivity index (χ1) is 9.71. The SMILES string of the molecule is Clc1ccc(C(CBr)CC2CCC3(CCCC3)O2)cc1. The Balaban J connectivity index is 1.62. The third-order valence-electron chi connectivity index (χ3n) is 4.93. The maximum Gasteiger partial charge on any atom is 0.0687 e. The Morgan fingerprint density at radius 1 is 1.20 bits per heavy atom. The lowest BCUT2D eigenvalue weighted by molar-refractivity contribution is -0.0404. The summed E-state index contributed by atoms with van der Waals surface area (Å²) in [5.41, 5.74) is 1.61. The van der Waals surface area contributed by atoms with Crippen molar-refractivity contribution < 1.29 is 4.74 Å². The summed E-state index contributed by atoms with van der Waals surface area (Å²) >= 11 is 9.64. The van der Waals surface area contributed by atoms with Crippen molar-refractivity contribution in [2.24, 2.45) is 0 Å². The second-order valence-corrected chi connectivity index (χ2v) is 7.39. The van der Waals surface area contributed by atoms with Crippen molar-refractivity contribution >= 4 is 27.5 Å². The van der Waals surface area contributed by atoms with Gasteiger partial charge in [-0.25, -0.2) is 0 Å². The first-order valence-electron chi connectivity index (χ1n) is 7.70. The first-order valence-corrected chi connectivity index (χ1v) is 9.20. The number of benzene rings is 1. The van der Waals surface area contributed by atoms with Crippen LogP contribution in [0.3, 0.4) is 0 Å². The molecule has 0 N–H and O–H groups in total. The fourth-order valence-electron chi connectivity index (χ4n) is 3.79. The fourth-order valence-corrected chi connectivity index (χ4v) is 4.55. The first kappa shape index (κ1) is 14.9. The van der Waals surface area contributed by atoms with Crippen LogP contribution in [0.2, 0.25) is 5.02 Å². The summed E-state index contributed by atoms with van der Waals surface area (Å²) in [4.78, 5) is 0. The van der Waals surface area contributed by atoms with Crippen LogP contribution in [0.15, 0.2) is 24.3 Å². The van der Waals surface area contributed by atoms with Gasteiger partial charge < -0.3 is 4.74 Å².